The molecule has 1 nitrogen and oxygen atoms in total. The Labute approximate surface area is 84.9 Å². The van der Waals surface area contributed by atoms with Gasteiger partial charge in [0.2, 0.25) is 0 Å². The van der Waals surface area contributed by atoms with Crippen molar-refractivity contribution in [3.05, 3.63) is 28.6 Å². The number of nitrogen functional groups attached to an aromatic ring is 1. The molecule has 0 radical (unpaired) electrons. The topological polar surface area (TPSA) is 26.0 Å². The van der Waals surface area contributed by atoms with Gasteiger partial charge in [-0.25, -0.2) is 4.39 Å². The van der Waals surface area contributed by atoms with Gasteiger partial charge in [-0.3, -0.25) is 0 Å². The highest BCUT2D eigenvalue weighted by Gasteiger charge is 2.36. The predicted octanol–water partition coefficient (Wildman–Crippen LogP) is 3.30. The van der Waals surface area contributed by atoms with Crippen molar-refractivity contribution in [3.63, 3.8) is 0 Å². The van der Waals surface area contributed by atoms with Crippen molar-refractivity contribution in [3.8, 4) is 0 Å². The number of anilines is 1. The van der Waals surface area contributed by atoms with E-state index >= 15 is 0 Å². The van der Waals surface area contributed by atoms with Gasteiger partial charge in [0.15, 0.2) is 0 Å². The molecule has 0 saturated carbocycles. The summed E-state index contributed by atoms with van der Waals surface area (Å²) in [5, 5.41) is 0. The van der Waals surface area contributed by atoms with E-state index in [-0.39, 0.29) is 17.7 Å². The summed E-state index contributed by atoms with van der Waals surface area (Å²) >= 11 is 0. The molecule has 0 aliphatic carbocycles. The normalized spacial score (nSPS) is 11.9. The van der Waals surface area contributed by atoms with Gasteiger partial charge in [0.05, 0.1) is 11.3 Å². The standard InChI is InChI=1S/C10H11F4N/c1-3-6-4-7(15)9(11)5(2)8(6)10(12,13)14/h4H,3,15H2,1-2H3. The quantitative estimate of drug-likeness (QED) is 0.571. The van der Waals surface area contributed by atoms with E-state index < -0.39 is 23.1 Å². The monoisotopic (exact) mass is 221 g/mol. The molecule has 0 atom stereocenters. The molecule has 0 aliphatic heterocycles. The number of benzene rings is 1. The van der Waals surface area contributed by atoms with Crippen LogP contribution in [0.5, 0.6) is 0 Å². The van der Waals surface area contributed by atoms with Crippen LogP contribution in [0.15, 0.2) is 6.07 Å². The Balaban J connectivity index is 3.55. The summed E-state index contributed by atoms with van der Waals surface area (Å²) in [7, 11) is 0. The van der Waals surface area contributed by atoms with E-state index in [1.807, 2.05) is 0 Å². The molecule has 1 aromatic carbocycles. The van der Waals surface area contributed by atoms with Crippen molar-refractivity contribution < 1.29 is 17.6 Å². The Hall–Kier alpha value is -1.26. The van der Waals surface area contributed by atoms with Gasteiger partial charge in [-0.1, -0.05) is 6.92 Å². The third-order valence-electron chi connectivity index (χ3n) is 2.27. The van der Waals surface area contributed by atoms with Crippen LogP contribution in [0.4, 0.5) is 23.2 Å². The molecule has 15 heavy (non-hydrogen) atoms. The number of rotatable bonds is 1. The molecule has 0 saturated heterocycles. The van der Waals surface area contributed by atoms with E-state index in [4.69, 9.17) is 5.73 Å². The van der Waals surface area contributed by atoms with Crippen LogP contribution < -0.4 is 5.73 Å². The first-order valence-corrected chi connectivity index (χ1v) is 4.43. The largest absolute Gasteiger partial charge is 0.417 e. The van der Waals surface area contributed by atoms with Crippen molar-refractivity contribution in [2.24, 2.45) is 0 Å². The number of alkyl halides is 3. The maximum absolute atomic E-state index is 13.2. The Morgan fingerprint density at radius 2 is 1.87 bits per heavy atom. The predicted molar refractivity (Wildman–Crippen MR) is 49.9 cm³/mol. The average Bonchev–Trinajstić information content (AvgIpc) is 2.11. The molecule has 1 rings (SSSR count). The molecule has 0 spiro atoms. The zero-order chi connectivity index (χ0) is 11.8. The second-order valence-corrected chi connectivity index (χ2v) is 3.29. The third kappa shape index (κ3) is 2.06. The fourth-order valence-electron chi connectivity index (χ4n) is 1.56. The summed E-state index contributed by atoms with van der Waals surface area (Å²) in [5.74, 6) is -0.987. The highest BCUT2D eigenvalue weighted by molar-refractivity contribution is 5.52. The van der Waals surface area contributed by atoms with Crippen molar-refractivity contribution >= 4 is 5.69 Å². The second kappa shape index (κ2) is 3.72. The minimum Gasteiger partial charge on any atom is -0.396 e. The summed E-state index contributed by atoms with van der Waals surface area (Å²) in [6.07, 6.45) is -4.37. The van der Waals surface area contributed by atoms with Crippen molar-refractivity contribution in [2.45, 2.75) is 26.4 Å². The Morgan fingerprint density at radius 3 is 2.27 bits per heavy atom. The summed E-state index contributed by atoms with van der Waals surface area (Å²) in [4.78, 5) is 0. The van der Waals surface area contributed by atoms with Gasteiger partial charge in [-0.05, 0) is 30.5 Å². The number of aryl methyl sites for hydroxylation is 1. The van der Waals surface area contributed by atoms with E-state index in [0.29, 0.717) is 0 Å². The van der Waals surface area contributed by atoms with E-state index in [1.54, 1.807) is 6.92 Å². The smallest absolute Gasteiger partial charge is 0.396 e. The van der Waals surface area contributed by atoms with Gasteiger partial charge in [0.25, 0.3) is 0 Å². The molecule has 5 heteroatoms. The van der Waals surface area contributed by atoms with Crippen LogP contribution in [-0.4, -0.2) is 0 Å². The van der Waals surface area contributed by atoms with Crippen molar-refractivity contribution in [1.29, 1.82) is 0 Å². The van der Waals surface area contributed by atoms with E-state index in [9.17, 15) is 17.6 Å². The Morgan fingerprint density at radius 1 is 1.33 bits per heavy atom. The fourth-order valence-corrected chi connectivity index (χ4v) is 1.56. The van der Waals surface area contributed by atoms with Crippen molar-refractivity contribution in [2.75, 3.05) is 5.73 Å². The number of hydrogen-bond acceptors (Lipinski definition) is 1. The summed E-state index contributed by atoms with van der Waals surface area (Å²) in [5.41, 5.74) is 3.72. The lowest BCUT2D eigenvalue weighted by atomic mass is 9.98. The van der Waals surface area contributed by atoms with Crippen LogP contribution in [0.3, 0.4) is 0 Å². The molecule has 2 N–H and O–H groups in total. The minimum atomic E-state index is -4.54. The number of halogens is 4. The molecule has 0 unspecified atom stereocenters. The zero-order valence-corrected chi connectivity index (χ0v) is 8.37. The first kappa shape index (κ1) is 11.8. The van der Waals surface area contributed by atoms with Gasteiger partial charge < -0.3 is 5.73 Å². The molecule has 0 amide bonds. The molecular formula is C10H11F4N. The van der Waals surface area contributed by atoms with Crippen LogP contribution in [0.25, 0.3) is 0 Å². The maximum Gasteiger partial charge on any atom is 0.417 e. The lowest BCUT2D eigenvalue weighted by Gasteiger charge is -2.16. The Bertz CT molecular complexity index is 382. The molecule has 84 valence electrons. The van der Waals surface area contributed by atoms with Gasteiger partial charge in [-0.2, -0.15) is 13.2 Å². The van der Waals surface area contributed by atoms with Crippen LogP contribution in [0.1, 0.15) is 23.6 Å². The minimum absolute atomic E-state index is 0.0268. The first-order chi connectivity index (χ1) is 6.79. The van der Waals surface area contributed by atoms with Crippen molar-refractivity contribution in [1.82, 2.24) is 0 Å². The number of nitrogens with two attached hydrogens (primary N) is 1. The van der Waals surface area contributed by atoms with E-state index in [1.165, 1.54) is 0 Å². The SMILES string of the molecule is CCc1cc(N)c(F)c(C)c1C(F)(F)F. The van der Waals surface area contributed by atoms with E-state index in [2.05, 4.69) is 0 Å². The number of hydrogen-bond donors (Lipinski definition) is 1. The molecule has 0 heterocycles. The summed E-state index contributed by atoms with van der Waals surface area (Å²) in [6.45, 7) is 2.66. The lowest BCUT2D eigenvalue weighted by Crippen LogP contribution is -2.14. The molecule has 1 aromatic rings. The third-order valence-corrected chi connectivity index (χ3v) is 2.27. The van der Waals surface area contributed by atoms with Gasteiger partial charge >= 0.3 is 6.18 Å². The average molecular weight is 221 g/mol. The highest BCUT2D eigenvalue weighted by atomic mass is 19.4. The van der Waals surface area contributed by atoms with Crippen LogP contribution in [0.2, 0.25) is 0 Å². The summed E-state index contributed by atoms with van der Waals surface area (Å²) in [6, 6.07) is 1.05. The van der Waals surface area contributed by atoms with Gasteiger partial charge in [0.1, 0.15) is 5.82 Å². The fraction of sp³-hybridized carbons (Fsp3) is 0.400. The maximum atomic E-state index is 13.2. The molecule has 0 aromatic heterocycles. The molecular weight excluding hydrogens is 210 g/mol. The Kier molecular flexibility index (Phi) is 2.93. The van der Waals surface area contributed by atoms with Crippen LogP contribution in [0, 0.1) is 12.7 Å². The van der Waals surface area contributed by atoms with Crippen LogP contribution >= 0.6 is 0 Å². The summed E-state index contributed by atoms with van der Waals surface area (Å²) < 4.78 is 51.0. The first-order valence-electron chi connectivity index (χ1n) is 4.43. The van der Waals surface area contributed by atoms with Crippen LogP contribution in [-0.2, 0) is 12.6 Å². The molecule has 0 fully saturated rings. The second-order valence-electron chi connectivity index (χ2n) is 3.29. The van der Waals surface area contributed by atoms with Gasteiger partial charge in [0, 0.05) is 0 Å². The van der Waals surface area contributed by atoms with E-state index in [0.717, 1.165) is 13.0 Å². The highest BCUT2D eigenvalue weighted by Crippen LogP contribution is 2.37. The molecule has 0 aliphatic rings. The zero-order valence-electron chi connectivity index (χ0n) is 8.37. The lowest BCUT2D eigenvalue weighted by molar-refractivity contribution is -0.138. The van der Waals surface area contributed by atoms with Gasteiger partial charge in [-0.15, -0.1) is 0 Å². The molecule has 0 bridgehead atoms.